The Hall–Kier alpha value is -3.67. The molecule has 2 unspecified atom stereocenters. The lowest BCUT2D eigenvalue weighted by Crippen LogP contribution is -2.38. The molecule has 1 N–H and O–H groups in total. The number of carbonyl (C=O) groups is 1. The number of benzene rings is 2. The second kappa shape index (κ2) is 9.43. The number of ether oxygens (including phenoxy) is 1. The first kappa shape index (κ1) is 20.6. The van der Waals surface area contributed by atoms with Crippen LogP contribution in [0.4, 0.5) is 0 Å². The van der Waals surface area contributed by atoms with Crippen LogP contribution in [-0.4, -0.2) is 29.8 Å². The van der Waals surface area contributed by atoms with Crippen molar-refractivity contribution in [2.24, 2.45) is 5.16 Å². The second-order valence-corrected chi connectivity index (χ2v) is 7.56. The molecule has 1 amide bonds. The Morgan fingerprint density at radius 1 is 1.16 bits per heavy atom. The molecule has 0 radical (unpaired) electrons. The third-order valence-corrected chi connectivity index (χ3v) is 5.39. The number of hydrogen-bond donors (Lipinski definition) is 1. The Morgan fingerprint density at radius 3 is 2.74 bits per heavy atom. The Bertz CT molecular complexity index is 1080. The summed E-state index contributed by atoms with van der Waals surface area (Å²) in [6.07, 6.45) is 3.89. The first-order valence-corrected chi connectivity index (χ1v) is 10.2. The van der Waals surface area contributed by atoms with Crippen molar-refractivity contribution in [1.29, 1.82) is 0 Å². The minimum absolute atomic E-state index is 0.186. The van der Waals surface area contributed by atoms with Gasteiger partial charge in [0.1, 0.15) is 5.75 Å². The van der Waals surface area contributed by atoms with Gasteiger partial charge in [0, 0.05) is 25.2 Å². The van der Waals surface area contributed by atoms with Crippen molar-refractivity contribution < 1.29 is 14.4 Å². The molecule has 31 heavy (non-hydrogen) atoms. The lowest BCUT2D eigenvalue weighted by Gasteiger charge is -2.22. The molecule has 0 spiro atoms. The highest BCUT2D eigenvalue weighted by atomic mass is 16.6. The molecular formula is C25H25N3O3. The van der Waals surface area contributed by atoms with E-state index in [0.29, 0.717) is 12.8 Å². The molecule has 1 aromatic heterocycles. The molecule has 0 saturated carbocycles. The van der Waals surface area contributed by atoms with Gasteiger partial charge >= 0.3 is 0 Å². The second-order valence-electron chi connectivity index (χ2n) is 7.56. The zero-order valence-electron chi connectivity index (χ0n) is 17.6. The monoisotopic (exact) mass is 415 g/mol. The topological polar surface area (TPSA) is 72.8 Å². The van der Waals surface area contributed by atoms with Crippen LogP contribution in [0.15, 0.2) is 78.2 Å². The molecule has 6 heteroatoms. The Morgan fingerprint density at radius 2 is 1.97 bits per heavy atom. The lowest BCUT2D eigenvalue weighted by molar-refractivity contribution is -0.131. The molecule has 0 saturated heterocycles. The summed E-state index contributed by atoms with van der Waals surface area (Å²) in [4.78, 5) is 22.7. The summed E-state index contributed by atoms with van der Waals surface area (Å²) in [6, 6.07) is 19.4. The summed E-state index contributed by atoms with van der Waals surface area (Å²) < 4.78 is 5.28. The van der Waals surface area contributed by atoms with E-state index in [1.165, 1.54) is 0 Å². The van der Waals surface area contributed by atoms with Crippen molar-refractivity contribution in [1.82, 2.24) is 10.3 Å². The summed E-state index contributed by atoms with van der Waals surface area (Å²) in [6.45, 7) is 2.04. The van der Waals surface area contributed by atoms with Crippen LogP contribution in [0.2, 0.25) is 0 Å². The number of hydrogen-bond acceptors (Lipinski definition) is 5. The number of methoxy groups -OCH3 is 1. The van der Waals surface area contributed by atoms with Crippen molar-refractivity contribution >= 4 is 11.6 Å². The zero-order valence-corrected chi connectivity index (χ0v) is 17.6. The fourth-order valence-corrected chi connectivity index (χ4v) is 3.73. The highest BCUT2D eigenvalue weighted by Crippen LogP contribution is 2.26. The predicted molar refractivity (Wildman–Crippen MR) is 119 cm³/mol. The van der Waals surface area contributed by atoms with E-state index in [2.05, 4.69) is 15.5 Å². The number of pyridine rings is 1. The smallest absolute Gasteiger partial charge is 0.265 e. The van der Waals surface area contributed by atoms with Crippen LogP contribution < -0.4 is 10.1 Å². The molecule has 2 atom stereocenters. The number of aryl methyl sites for hydroxylation is 1. The molecule has 0 bridgehead atoms. The molecule has 0 aliphatic carbocycles. The average Bonchev–Trinajstić information content (AvgIpc) is 3.27. The van der Waals surface area contributed by atoms with Crippen LogP contribution in [0, 0.1) is 6.92 Å². The molecular weight excluding hydrogens is 390 g/mol. The third-order valence-electron chi connectivity index (χ3n) is 5.39. The summed E-state index contributed by atoms with van der Waals surface area (Å²) >= 11 is 0. The fourth-order valence-electron chi connectivity index (χ4n) is 3.73. The normalized spacial score (nSPS) is 16.2. The number of amides is 1. The summed E-state index contributed by atoms with van der Waals surface area (Å²) in [5.74, 6) is 0.610. The van der Waals surface area contributed by atoms with Crippen molar-refractivity contribution in [2.45, 2.75) is 31.9 Å². The van der Waals surface area contributed by atoms with Crippen LogP contribution in [0.5, 0.6) is 5.75 Å². The van der Waals surface area contributed by atoms with Gasteiger partial charge in [-0.15, -0.1) is 0 Å². The molecule has 1 aliphatic rings. The number of carbonyl (C=O) groups excluding carboxylic acids is 1. The Labute approximate surface area is 181 Å². The first-order chi connectivity index (χ1) is 15.1. The number of aromatic nitrogens is 1. The van der Waals surface area contributed by atoms with E-state index in [4.69, 9.17) is 9.57 Å². The van der Waals surface area contributed by atoms with Gasteiger partial charge in [-0.05, 0) is 53.4 Å². The zero-order chi connectivity index (χ0) is 21.6. The molecule has 6 nitrogen and oxygen atoms in total. The lowest BCUT2D eigenvalue weighted by atomic mass is 9.95. The maximum Gasteiger partial charge on any atom is 0.265 e. The number of rotatable bonds is 7. The minimum Gasteiger partial charge on any atom is -0.497 e. The molecule has 0 fully saturated rings. The third kappa shape index (κ3) is 4.91. The van der Waals surface area contributed by atoms with Crippen molar-refractivity contribution in [3.05, 3.63) is 95.3 Å². The van der Waals surface area contributed by atoms with Crippen LogP contribution in [0.3, 0.4) is 0 Å². The van der Waals surface area contributed by atoms with Crippen LogP contribution in [-0.2, 0) is 16.1 Å². The summed E-state index contributed by atoms with van der Waals surface area (Å²) in [5.41, 5.74) is 5.01. The number of oxime groups is 1. The number of nitrogens with one attached hydrogen (secondary N) is 1. The van der Waals surface area contributed by atoms with Gasteiger partial charge in [0.2, 0.25) is 6.10 Å². The Kier molecular flexibility index (Phi) is 6.26. The highest BCUT2D eigenvalue weighted by Gasteiger charge is 2.30. The van der Waals surface area contributed by atoms with E-state index in [0.717, 1.165) is 33.7 Å². The molecule has 158 valence electrons. The first-order valence-electron chi connectivity index (χ1n) is 10.2. The molecule has 2 heterocycles. The van der Waals surface area contributed by atoms with Gasteiger partial charge < -0.3 is 14.9 Å². The van der Waals surface area contributed by atoms with Crippen molar-refractivity contribution in [3.63, 3.8) is 0 Å². The molecule has 4 rings (SSSR count). The largest absolute Gasteiger partial charge is 0.497 e. The van der Waals surface area contributed by atoms with E-state index < -0.39 is 6.10 Å². The van der Waals surface area contributed by atoms with E-state index in [9.17, 15) is 4.79 Å². The maximum atomic E-state index is 13.1. The van der Waals surface area contributed by atoms with Gasteiger partial charge in [-0.2, -0.15) is 0 Å². The van der Waals surface area contributed by atoms with Gasteiger partial charge in [0.05, 0.1) is 18.9 Å². The standard InChI is InChI=1S/C25H25N3O3/c1-17-6-3-4-9-22(17)24(19-10-12-26-13-11-19)27-25(29)23-16-20(28-31-23)14-18-7-5-8-21(15-18)30-2/h3-13,15,23-24H,14,16H2,1-2H3,(H,27,29). The van der Waals surface area contributed by atoms with Gasteiger partial charge in [0.25, 0.3) is 5.91 Å². The maximum absolute atomic E-state index is 13.1. The van der Waals surface area contributed by atoms with E-state index in [-0.39, 0.29) is 11.9 Å². The van der Waals surface area contributed by atoms with Crippen molar-refractivity contribution in [2.75, 3.05) is 7.11 Å². The van der Waals surface area contributed by atoms with E-state index in [1.807, 2.05) is 67.6 Å². The molecule has 3 aromatic rings. The SMILES string of the molecule is COc1cccc(CC2=NOC(C(=O)NC(c3ccncc3)c3ccccc3C)C2)c1. The summed E-state index contributed by atoms with van der Waals surface area (Å²) in [7, 11) is 1.64. The minimum atomic E-state index is -0.644. The van der Waals surface area contributed by atoms with Gasteiger partial charge in [-0.3, -0.25) is 9.78 Å². The molecule has 2 aromatic carbocycles. The van der Waals surface area contributed by atoms with Gasteiger partial charge in [-0.1, -0.05) is 41.6 Å². The fraction of sp³-hybridized carbons (Fsp3) is 0.240. The van der Waals surface area contributed by atoms with Gasteiger partial charge in [-0.25, -0.2) is 0 Å². The predicted octanol–water partition coefficient (Wildman–Crippen LogP) is 3.99. The van der Waals surface area contributed by atoms with Gasteiger partial charge in [0.15, 0.2) is 0 Å². The van der Waals surface area contributed by atoms with Crippen LogP contribution in [0.25, 0.3) is 0 Å². The van der Waals surface area contributed by atoms with Crippen LogP contribution >= 0.6 is 0 Å². The van der Waals surface area contributed by atoms with E-state index in [1.54, 1.807) is 19.5 Å². The quantitative estimate of drug-likeness (QED) is 0.633. The van der Waals surface area contributed by atoms with E-state index >= 15 is 0 Å². The average molecular weight is 415 g/mol. The van der Waals surface area contributed by atoms with Crippen LogP contribution in [0.1, 0.15) is 34.7 Å². The Balaban J connectivity index is 1.45. The molecule has 1 aliphatic heterocycles. The number of nitrogens with zero attached hydrogens (tertiary/aromatic N) is 2. The van der Waals surface area contributed by atoms with Crippen molar-refractivity contribution in [3.8, 4) is 5.75 Å². The highest BCUT2D eigenvalue weighted by molar-refractivity contribution is 5.94. The summed E-state index contributed by atoms with van der Waals surface area (Å²) in [5, 5.41) is 7.31.